The highest BCUT2D eigenvalue weighted by molar-refractivity contribution is 5.08. The molecule has 1 rings (SSSR count). The Hall–Kier alpha value is -0.540. The molecule has 0 aromatic heterocycles. The summed E-state index contributed by atoms with van der Waals surface area (Å²) in [6, 6.07) is 0.218. The van der Waals surface area contributed by atoms with Crippen molar-refractivity contribution in [3.63, 3.8) is 0 Å². The van der Waals surface area contributed by atoms with Crippen LogP contribution in [-0.2, 0) is 9.47 Å². The van der Waals surface area contributed by atoms with Crippen molar-refractivity contribution in [1.82, 2.24) is 5.32 Å². The van der Waals surface area contributed by atoms with Crippen molar-refractivity contribution in [1.29, 1.82) is 0 Å². The standard InChI is InChI=1S/C13H25NO2/c1-4-11(15-6-3)13(14-5-2)12-9-7-8-10-16-12/h9,11,13-14H,4-8,10H2,1-3H3. The summed E-state index contributed by atoms with van der Waals surface area (Å²) in [5.41, 5.74) is 0. The predicted octanol–water partition coefficient (Wildman–Crippen LogP) is 2.47. The lowest BCUT2D eigenvalue weighted by Gasteiger charge is -2.30. The van der Waals surface area contributed by atoms with E-state index in [1.807, 2.05) is 6.92 Å². The van der Waals surface area contributed by atoms with Gasteiger partial charge in [0.2, 0.25) is 0 Å². The lowest BCUT2D eigenvalue weighted by atomic mass is 10.0. The van der Waals surface area contributed by atoms with Gasteiger partial charge in [0.25, 0.3) is 0 Å². The molecule has 0 saturated carbocycles. The first-order valence-corrected chi connectivity index (χ1v) is 6.51. The van der Waals surface area contributed by atoms with E-state index in [1.165, 1.54) is 0 Å². The highest BCUT2D eigenvalue weighted by Gasteiger charge is 2.25. The second-order valence-electron chi connectivity index (χ2n) is 4.03. The Bertz CT molecular complexity index is 216. The summed E-state index contributed by atoms with van der Waals surface area (Å²) < 4.78 is 11.5. The molecule has 0 aliphatic carbocycles. The third-order valence-corrected chi connectivity index (χ3v) is 2.85. The van der Waals surface area contributed by atoms with Crippen molar-refractivity contribution in [3.05, 3.63) is 11.8 Å². The third kappa shape index (κ3) is 3.80. The van der Waals surface area contributed by atoms with Gasteiger partial charge in [-0.2, -0.15) is 0 Å². The Morgan fingerprint density at radius 2 is 2.25 bits per heavy atom. The first-order valence-electron chi connectivity index (χ1n) is 6.51. The highest BCUT2D eigenvalue weighted by atomic mass is 16.5. The van der Waals surface area contributed by atoms with Crippen LogP contribution in [0.3, 0.4) is 0 Å². The van der Waals surface area contributed by atoms with Crippen LogP contribution >= 0.6 is 0 Å². The number of allylic oxidation sites excluding steroid dienone is 1. The fourth-order valence-electron chi connectivity index (χ4n) is 2.09. The van der Waals surface area contributed by atoms with E-state index >= 15 is 0 Å². The molecule has 0 amide bonds. The van der Waals surface area contributed by atoms with Crippen LogP contribution in [0, 0.1) is 0 Å². The van der Waals surface area contributed by atoms with Gasteiger partial charge in [-0.05, 0) is 38.8 Å². The second-order valence-corrected chi connectivity index (χ2v) is 4.03. The van der Waals surface area contributed by atoms with Crippen molar-refractivity contribution >= 4 is 0 Å². The quantitative estimate of drug-likeness (QED) is 0.725. The lowest BCUT2D eigenvalue weighted by molar-refractivity contribution is 0.0212. The second kappa shape index (κ2) is 7.69. The molecule has 1 aliphatic heterocycles. The summed E-state index contributed by atoms with van der Waals surface area (Å²) in [5.74, 6) is 1.08. The molecule has 3 nitrogen and oxygen atoms in total. The molecule has 0 radical (unpaired) electrons. The van der Waals surface area contributed by atoms with Gasteiger partial charge >= 0.3 is 0 Å². The normalized spacial score (nSPS) is 19.8. The van der Waals surface area contributed by atoms with Crippen molar-refractivity contribution < 1.29 is 9.47 Å². The molecular weight excluding hydrogens is 202 g/mol. The van der Waals surface area contributed by atoms with E-state index in [1.54, 1.807) is 0 Å². The van der Waals surface area contributed by atoms with Crippen molar-refractivity contribution in [2.45, 2.75) is 52.2 Å². The Balaban J connectivity index is 2.66. The first kappa shape index (κ1) is 13.5. The van der Waals surface area contributed by atoms with E-state index < -0.39 is 0 Å². The maximum atomic E-state index is 5.78. The van der Waals surface area contributed by atoms with E-state index in [4.69, 9.17) is 9.47 Å². The minimum absolute atomic E-state index is 0.217. The zero-order chi connectivity index (χ0) is 11.8. The molecule has 0 spiro atoms. The average Bonchev–Trinajstić information content (AvgIpc) is 2.35. The van der Waals surface area contributed by atoms with Crippen LogP contribution in [0.15, 0.2) is 11.8 Å². The Morgan fingerprint density at radius 3 is 2.75 bits per heavy atom. The highest BCUT2D eigenvalue weighted by Crippen LogP contribution is 2.19. The van der Waals surface area contributed by atoms with Gasteiger partial charge in [0.15, 0.2) is 0 Å². The molecule has 2 unspecified atom stereocenters. The fraction of sp³-hybridized carbons (Fsp3) is 0.846. The van der Waals surface area contributed by atoms with Gasteiger partial charge in [-0.3, -0.25) is 0 Å². The van der Waals surface area contributed by atoms with Gasteiger partial charge in [-0.1, -0.05) is 13.8 Å². The topological polar surface area (TPSA) is 30.5 Å². The lowest BCUT2D eigenvalue weighted by Crippen LogP contribution is -2.43. The molecule has 1 heterocycles. The molecule has 94 valence electrons. The van der Waals surface area contributed by atoms with E-state index in [-0.39, 0.29) is 12.1 Å². The molecule has 16 heavy (non-hydrogen) atoms. The van der Waals surface area contributed by atoms with E-state index in [9.17, 15) is 0 Å². The largest absolute Gasteiger partial charge is 0.496 e. The SMILES string of the molecule is CCNC(C1=CCCCO1)C(CC)OCC. The number of likely N-dealkylation sites (N-methyl/N-ethyl adjacent to an activating group) is 1. The summed E-state index contributed by atoms with van der Waals surface area (Å²) in [7, 11) is 0. The fourth-order valence-corrected chi connectivity index (χ4v) is 2.09. The molecule has 2 atom stereocenters. The predicted molar refractivity (Wildman–Crippen MR) is 66.4 cm³/mol. The summed E-state index contributed by atoms with van der Waals surface area (Å²) in [6.45, 7) is 8.86. The Labute approximate surface area is 99.2 Å². The summed E-state index contributed by atoms with van der Waals surface area (Å²) in [5, 5.41) is 3.47. The molecule has 0 aromatic rings. The molecule has 3 heteroatoms. The van der Waals surface area contributed by atoms with Crippen LogP contribution in [0.2, 0.25) is 0 Å². The Kier molecular flexibility index (Phi) is 6.50. The van der Waals surface area contributed by atoms with Crippen LogP contribution in [0.5, 0.6) is 0 Å². The molecular formula is C13H25NO2. The van der Waals surface area contributed by atoms with Crippen LogP contribution < -0.4 is 5.32 Å². The van der Waals surface area contributed by atoms with Crippen LogP contribution in [0.1, 0.15) is 40.0 Å². The van der Waals surface area contributed by atoms with Gasteiger partial charge in [-0.15, -0.1) is 0 Å². The van der Waals surface area contributed by atoms with E-state index in [0.29, 0.717) is 0 Å². The van der Waals surface area contributed by atoms with Gasteiger partial charge in [0, 0.05) is 6.61 Å². The molecule has 1 N–H and O–H groups in total. The van der Waals surface area contributed by atoms with Gasteiger partial charge in [-0.25, -0.2) is 0 Å². The number of rotatable bonds is 7. The Morgan fingerprint density at radius 1 is 1.44 bits per heavy atom. The van der Waals surface area contributed by atoms with Gasteiger partial charge < -0.3 is 14.8 Å². The minimum atomic E-state index is 0.217. The van der Waals surface area contributed by atoms with Gasteiger partial charge in [0.1, 0.15) is 5.76 Å². The van der Waals surface area contributed by atoms with Crippen molar-refractivity contribution in [2.75, 3.05) is 19.8 Å². The van der Waals surface area contributed by atoms with E-state index in [0.717, 1.165) is 44.8 Å². The van der Waals surface area contributed by atoms with Crippen LogP contribution in [-0.4, -0.2) is 31.9 Å². The third-order valence-electron chi connectivity index (χ3n) is 2.85. The van der Waals surface area contributed by atoms with Crippen LogP contribution in [0.4, 0.5) is 0 Å². The van der Waals surface area contributed by atoms with Gasteiger partial charge in [0.05, 0.1) is 18.8 Å². The molecule has 0 fully saturated rings. The zero-order valence-electron chi connectivity index (χ0n) is 10.8. The van der Waals surface area contributed by atoms with Crippen molar-refractivity contribution in [2.24, 2.45) is 0 Å². The molecule has 0 saturated heterocycles. The summed E-state index contributed by atoms with van der Waals surface area (Å²) in [4.78, 5) is 0. The molecule has 1 aliphatic rings. The van der Waals surface area contributed by atoms with E-state index in [2.05, 4.69) is 25.2 Å². The minimum Gasteiger partial charge on any atom is -0.496 e. The number of nitrogens with one attached hydrogen (secondary N) is 1. The maximum Gasteiger partial charge on any atom is 0.112 e. The molecule has 0 aromatic carbocycles. The number of hydrogen-bond acceptors (Lipinski definition) is 3. The molecule has 0 bridgehead atoms. The summed E-state index contributed by atoms with van der Waals surface area (Å²) >= 11 is 0. The average molecular weight is 227 g/mol. The zero-order valence-corrected chi connectivity index (χ0v) is 10.8. The summed E-state index contributed by atoms with van der Waals surface area (Å²) in [6.07, 6.45) is 5.69. The number of hydrogen-bond donors (Lipinski definition) is 1. The monoisotopic (exact) mass is 227 g/mol. The van der Waals surface area contributed by atoms with Crippen LogP contribution in [0.25, 0.3) is 0 Å². The number of ether oxygens (including phenoxy) is 2. The first-order chi connectivity index (χ1) is 7.83. The van der Waals surface area contributed by atoms with Crippen molar-refractivity contribution in [3.8, 4) is 0 Å². The maximum absolute atomic E-state index is 5.78. The smallest absolute Gasteiger partial charge is 0.112 e.